The Bertz CT molecular complexity index is 601. The predicted octanol–water partition coefficient (Wildman–Crippen LogP) is 0.00662. The van der Waals surface area contributed by atoms with E-state index in [0.717, 1.165) is 5.56 Å². The molecule has 8 heteroatoms. The first-order valence-electron chi connectivity index (χ1n) is 6.43. The van der Waals surface area contributed by atoms with Gasteiger partial charge in [0.05, 0.1) is 17.5 Å². The lowest BCUT2D eigenvalue weighted by Gasteiger charge is -2.15. The number of carbonyl (C=O) groups excluding carboxylic acids is 1. The van der Waals surface area contributed by atoms with Crippen LogP contribution in [0.4, 0.5) is 5.69 Å². The van der Waals surface area contributed by atoms with E-state index in [1.165, 1.54) is 26.2 Å². The van der Waals surface area contributed by atoms with E-state index >= 15 is 0 Å². The van der Waals surface area contributed by atoms with Crippen LogP contribution >= 0.6 is 0 Å². The molecule has 0 spiro atoms. The van der Waals surface area contributed by atoms with Crippen molar-refractivity contribution >= 4 is 21.6 Å². The van der Waals surface area contributed by atoms with Crippen molar-refractivity contribution in [1.82, 2.24) is 10.0 Å². The number of ether oxygens (including phenoxy) is 1. The molecule has 7 nitrogen and oxygen atoms in total. The van der Waals surface area contributed by atoms with Gasteiger partial charge in [-0.3, -0.25) is 4.79 Å². The largest absolute Gasteiger partial charge is 0.398 e. The summed E-state index contributed by atoms with van der Waals surface area (Å²) >= 11 is 0. The smallest absolute Gasteiger partial charge is 0.241 e. The van der Waals surface area contributed by atoms with Gasteiger partial charge in [0.15, 0.2) is 0 Å². The number of benzene rings is 1. The summed E-state index contributed by atoms with van der Waals surface area (Å²) in [6.07, 6.45) is 0. The molecule has 0 saturated heterocycles. The Hall–Kier alpha value is -1.64. The van der Waals surface area contributed by atoms with Crippen LogP contribution in [0.2, 0.25) is 0 Å². The summed E-state index contributed by atoms with van der Waals surface area (Å²) in [5, 5.41) is 2.56. The van der Waals surface area contributed by atoms with Gasteiger partial charge in [0.1, 0.15) is 0 Å². The fourth-order valence-corrected chi connectivity index (χ4v) is 2.81. The zero-order valence-corrected chi connectivity index (χ0v) is 13.2. The molecule has 0 bridgehead atoms. The van der Waals surface area contributed by atoms with Crippen molar-refractivity contribution in [2.75, 3.05) is 26.0 Å². The van der Waals surface area contributed by atoms with E-state index in [0.29, 0.717) is 18.8 Å². The first-order valence-corrected chi connectivity index (χ1v) is 7.91. The summed E-state index contributed by atoms with van der Waals surface area (Å²) in [6.45, 7) is 3.93. The molecule has 118 valence electrons. The fraction of sp³-hybridized carbons (Fsp3) is 0.462. The van der Waals surface area contributed by atoms with Crippen molar-refractivity contribution < 1.29 is 17.9 Å². The monoisotopic (exact) mass is 315 g/mol. The SMILES string of the molecule is COCCNC(=O)C(C)NS(=O)(=O)c1ccc(C)c(N)c1. The van der Waals surface area contributed by atoms with Crippen molar-refractivity contribution in [2.45, 2.75) is 24.8 Å². The lowest BCUT2D eigenvalue weighted by molar-refractivity contribution is -0.122. The first-order chi connectivity index (χ1) is 9.77. The normalized spacial score (nSPS) is 12.9. The van der Waals surface area contributed by atoms with E-state index in [9.17, 15) is 13.2 Å². The number of rotatable bonds is 7. The second kappa shape index (κ2) is 7.39. The van der Waals surface area contributed by atoms with Crippen molar-refractivity contribution in [3.8, 4) is 0 Å². The maximum atomic E-state index is 12.2. The van der Waals surface area contributed by atoms with Crippen LogP contribution in [0.3, 0.4) is 0 Å². The van der Waals surface area contributed by atoms with Gasteiger partial charge in [0.2, 0.25) is 15.9 Å². The number of hydrogen-bond donors (Lipinski definition) is 3. The minimum atomic E-state index is -3.80. The average molecular weight is 315 g/mol. The van der Waals surface area contributed by atoms with Crippen LogP contribution in [0.1, 0.15) is 12.5 Å². The van der Waals surface area contributed by atoms with Crippen LogP contribution in [-0.2, 0) is 19.6 Å². The molecule has 0 fully saturated rings. The molecule has 0 aromatic heterocycles. The van der Waals surface area contributed by atoms with Gasteiger partial charge in [0, 0.05) is 19.3 Å². The van der Waals surface area contributed by atoms with Crippen LogP contribution in [-0.4, -0.2) is 40.6 Å². The number of methoxy groups -OCH3 is 1. The quantitative estimate of drug-likeness (QED) is 0.485. The highest BCUT2D eigenvalue weighted by Crippen LogP contribution is 2.17. The molecule has 1 unspecified atom stereocenters. The van der Waals surface area contributed by atoms with E-state index in [4.69, 9.17) is 10.5 Å². The first kappa shape index (κ1) is 17.4. The van der Waals surface area contributed by atoms with Gasteiger partial charge in [-0.15, -0.1) is 0 Å². The van der Waals surface area contributed by atoms with E-state index in [1.807, 2.05) is 0 Å². The number of sulfonamides is 1. The van der Waals surface area contributed by atoms with E-state index in [2.05, 4.69) is 10.0 Å². The maximum Gasteiger partial charge on any atom is 0.241 e. The van der Waals surface area contributed by atoms with Gasteiger partial charge in [0.25, 0.3) is 0 Å². The Kier molecular flexibility index (Phi) is 6.13. The molecule has 1 amide bonds. The summed E-state index contributed by atoms with van der Waals surface area (Å²) in [6, 6.07) is 3.54. The van der Waals surface area contributed by atoms with Crippen molar-refractivity contribution in [1.29, 1.82) is 0 Å². The summed E-state index contributed by atoms with van der Waals surface area (Å²) < 4.78 is 31.4. The number of nitrogens with one attached hydrogen (secondary N) is 2. The molecule has 0 heterocycles. The Balaban J connectivity index is 2.75. The zero-order chi connectivity index (χ0) is 16.0. The van der Waals surface area contributed by atoms with Gasteiger partial charge >= 0.3 is 0 Å². The Morgan fingerprint density at radius 3 is 2.67 bits per heavy atom. The summed E-state index contributed by atoms with van der Waals surface area (Å²) in [5.41, 5.74) is 6.88. The lowest BCUT2D eigenvalue weighted by atomic mass is 10.2. The molecule has 1 aromatic carbocycles. The van der Waals surface area contributed by atoms with Crippen molar-refractivity contribution in [2.24, 2.45) is 0 Å². The molecule has 0 saturated carbocycles. The summed E-state index contributed by atoms with van der Waals surface area (Å²) in [5.74, 6) is -0.421. The van der Waals surface area contributed by atoms with Crippen LogP contribution in [0.5, 0.6) is 0 Å². The molecular formula is C13H21N3O4S. The molecule has 1 atom stereocenters. The highest BCUT2D eigenvalue weighted by molar-refractivity contribution is 7.89. The van der Waals surface area contributed by atoms with Crippen LogP contribution in [0, 0.1) is 6.92 Å². The molecule has 21 heavy (non-hydrogen) atoms. The molecule has 0 aliphatic carbocycles. The Morgan fingerprint density at radius 2 is 2.10 bits per heavy atom. The minimum Gasteiger partial charge on any atom is -0.398 e. The molecule has 0 radical (unpaired) electrons. The third kappa shape index (κ3) is 5.00. The van der Waals surface area contributed by atoms with Crippen LogP contribution in [0.15, 0.2) is 23.1 Å². The van der Waals surface area contributed by atoms with Gasteiger partial charge in [-0.2, -0.15) is 4.72 Å². The molecule has 4 N–H and O–H groups in total. The number of anilines is 1. The molecule has 1 aromatic rings. The Labute approximate surface area is 124 Å². The van der Waals surface area contributed by atoms with Gasteiger partial charge in [-0.05, 0) is 31.5 Å². The second-order valence-corrected chi connectivity index (χ2v) is 6.36. The number of amides is 1. The van der Waals surface area contributed by atoms with Crippen LogP contribution < -0.4 is 15.8 Å². The number of nitrogens with two attached hydrogens (primary N) is 1. The molecular weight excluding hydrogens is 294 g/mol. The summed E-state index contributed by atoms with van der Waals surface area (Å²) in [7, 11) is -2.28. The Morgan fingerprint density at radius 1 is 1.43 bits per heavy atom. The highest BCUT2D eigenvalue weighted by Gasteiger charge is 2.22. The number of nitrogen functional groups attached to an aromatic ring is 1. The fourth-order valence-electron chi connectivity index (χ4n) is 1.57. The van der Waals surface area contributed by atoms with Crippen molar-refractivity contribution in [3.05, 3.63) is 23.8 Å². The standard InChI is InChI=1S/C13H21N3O4S/c1-9-4-5-11(8-12(9)14)21(18,19)16-10(2)13(17)15-6-7-20-3/h4-5,8,10,16H,6-7,14H2,1-3H3,(H,15,17). The predicted molar refractivity (Wildman–Crippen MR) is 80.3 cm³/mol. The zero-order valence-electron chi connectivity index (χ0n) is 12.3. The van der Waals surface area contributed by atoms with Gasteiger partial charge < -0.3 is 15.8 Å². The number of aryl methyl sites for hydroxylation is 1. The minimum absolute atomic E-state index is 0.0298. The molecule has 0 aliphatic rings. The van der Waals surface area contributed by atoms with Gasteiger partial charge in [-0.25, -0.2) is 8.42 Å². The van der Waals surface area contributed by atoms with Gasteiger partial charge in [-0.1, -0.05) is 6.07 Å². The lowest BCUT2D eigenvalue weighted by Crippen LogP contribution is -2.45. The number of hydrogen-bond acceptors (Lipinski definition) is 5. The van der Waals surface area contributed by atoms with E-state index < -0.39 is 22.0 Å². The number of carbonyl (C=O) groups is 1. The third-order valence-corrected chi connectivity index (χ3v) is 4.43. The topological polar surface area (TPSA) is 111 Å². The average Bonchev–Trinajstić information content (AvgIpc) is 2.41. The summed E-state index contributed by atoms with van der Waals surface area (Å²) in [4.78, 5) is 11.8. The second-order valence-electron chi connectivity index (χ2n) is 4.65. The highest BCUT2D eigenvalue weighted by atomic mass is 32.2. The molecule has 0 aliphatic heterocycles. The molecule has 1 rings (SSSR count). The van der Waals surface area contributed by atoms with Crippen LogP contribution in [0.25, 0.3) is 0 Å². The van der Waals surface area contributed by atoms with Crippen molar-refractivity contribution in [3.63, 3.8) is 0 Å². The maximum absolute atomic E-state index is 12.2. The third-order valence-electron chi connectivity index (χ3n) is 2.89. The van der Waals surface area contributed by atoms with E-state index in [-0.39, 0.29) is 4.90 Å². The van der Waals surface area contributed by atoms with E-state index in [1.54, 1.807) is 13.0 Å².